The number of methoxy groups -OCH3 is 2. The summed E-state index contributed by atoms with van der Waals surface area (Å²) in [5.74, 6) is 0.599. The lowest BCUT2D eigenvalue weighted by molar-refractivity contribution is 0.269. The van der Waals surface area contributed by atoms with Gasteiger partial charge >= 0.3 is 0 Å². The van der Waals surface area contributed by atoms with Gasteiger partial charge in [-0.25, -0.2) is 12.7 Å². The Kier molecular flexibility index (Phi) is 4.55. The van der Waals surface area contributed by atoms with Gasteiger partial charge in [0.25, 0.3) is 0 Å². The number of hydrogen-bond acceptors (Lipinski definition) is 5. The molecular formula is C11H17NO5S. The average molecular weight is 275 g/mol. The molecular weight excluding hydrogens is 258 g/mol. The third kappa shape index (κ3) is 2.58. The third-order valence-corrected chi connectivity index (χ3v) is 4.27. The Labute approximate surface area is 107 Å². The molecule has 1 aromatic carbocycles. The van der Waals surface area contributed by atoms with E-state index in [9.17, 15) is 13.5 Å². The van der Waals surface area contributed by atoms with Gasteiger partial charge in [0, 0.05) is 25.7 Å². The number of sulfonamides is 1. The topological polar surface area (TPSA) is 76.1 Å². The minimum absolute atomic E-state index is 0.0502. The van der Waals surface area contributed by atoms with Gasteiger partial charge in [0.2, 0.25) is 10.0 Å². The van der Waals surface area contributed by atoms with Gasteiger partial charge < -0.3 is 14.6 Å². The molecule has 1 rings (SSSR count). The maximum atomic E-state index is 12.0. The van der Waals surface area contributed by atoms with Crippen LogP contribution in [0.25, 0.3) is 0 Å². The van der Waals surface area contributed by atoms with Crippen LogP contribution in [-0.2, 0) is 16.6 Å². The van der Waals surface area contributed by atoms with Crippen molar-refractivity contribution in [2.75, 3.05) is 28.3 Å². The molecule has 18 heavy (non-hydrogen) atoms. The molecule has 0 unspecified atom stereocenters. The number of hydrogen-bond donors (Lipinski definition) is 1. The third-order valence-electron chi connectivity index (χ3n) is 2.48. The lowest BCUT2D eigenvalue weighted by atomic mass is 10.2. The highest BCUT2D eigenvalue weighted by atomic mass is 32.2. The van der Waals surface area contributed by atoms with Crippen molar-refractivity contribution in [2.45, 2.75) is 11.5 Å². The first-order valence-corrected chi connectivity index (χ1v) is 6.60. The molecule has 1 aromatic rings. The molecule has 102 valence electrons. The first-order chi connectivity index (χ1) is 8.38. The van der Waals surface area contributed by atoms with Crippen molar-refractivity contribution >= 4 is 10.0 Å². The predicted molar refractivity (Wildman–Crippen MR) is 66.3 cm³/mol. The molecule has 0 atom stereocenters. The van der Waals surface area contributed by atoms with E-state index in [4.69, 9.17) is 9.47 Å². The van der Waals surface area contributed by atoms with E-state index in [2.05, 4.69) is 0 Å². The van der Waals surface area contributed by atoms with Gasteiger partial charge in [-0.05, 0) is 6.07 Å². The molecule has 0 spiro atoms. The molecule has 0 aliphatic carbocycles. The molecule has 0 fully saturated rings. The maximum Gasteiger partial charge on any atom is 0.242 e. The summed E-state index contributed by atoms with van der Waals surface area (Å²) in [7, 11) is 2.13. The predicted octanol–water partition coefficient (Wildman–Crippen LogP) is 0.446. The van der Waals surface area contributed by atoms with Crippen LogP contribution >= 0.6 is 0 Å². The number of aliphatic hydroxyl groups excluding tert-OH is 1. The van der Waals surface area contributed by atoms with E-state index in [0.717, 1.165) is 4.31 Å². The highest BCUT2D eigenvalue weighted by Gasteiger charge is 2.22. The van der Waals surface area contributed by atoms with Gasteiger partial charge in [-0.3, -0.25) is 0 Å². The van der Waals surface area contributed by atoms with E-state index >= 15 is 0 Å². The van der Waals surface area contributed by atoms with E-state index in [-0.39, 0.29) is 17.3 Å². The fourth-order valence-corrected chi connectivity index (χ4v) is 2.46. The quantitative estimate of drug-likeness (QED) is 0.844. The van der Waals surface area contributed by atoms with E-state index in [1.165, 1.54) is 40.4 Å². The smallest absolute Gasteiger partial charge is 0.242 e. The summed E-state index contributed by atoms with van der Waals surface area (Å²) in [6.45, 7) is -0.337. The van der Waals surface area contributed by atoms with E-state index in [1.54, 1.807) is 0 Å². The lowest BCUT2D eigenvalue weighted by Crippen LogP contribution is -2.22. The SMILES string of the molecule is COc1cc(S(=O)(=O)N(C)C)cc(CO)c1OC. The normalized spacial score (nSPS) is 11.7. The summed E-state index contributed by atoms with van der Waals surface area (Å²) in [5, 5.41) is 9.25. The highest BCUT2D eigenvalue weighted by molar-refractivity contribution is 7.89. The fraction of sp³-hybridized carbons (Fsp3) is 0.455. The zero-order chi connectivity index (χ0) is 13.9. The second kappa shape index (κ2) is 5.55. The van der Waals surface area contributed by atoms with E-state index in [0.29, 0.717) is 11.3 Å². The maximum absolute atomic E-state index is 12.0. The second-order valence-electron chi connectivity index (χ2n) is 3.76. The van der Waals surface area contributed by atoms with Gasteiger partial charge in [0.15, 0.2) is 11.5 Å². The van der Waals surface area contributed by atoms with Crippen LogP contribution in [0.4, 0.5) is 0 Å². The molecule has 0 saturated heterocycles. The van der Waals surface area contributed by atoms with Gasteiger partial charge in [-0.1, -0.05) is 0 Å². The number of nitrogens with zero attached hydrogens (tertiary/aromatic N) is 1. The molecule has 0 saturated carbocycles. The Morgan fingerprint density at radius 2 is 1.83 bits per heavy atom. The molecule has 0 heterocycles. The molecule has 0 aliphatic rings. The Morgan fingerprint density at radius 1 is 1.22 bits per heavy atom. The standard InChI is InChI=1S/C11H17NO5S/c1-12(2)18(14,15)9-5-8(7-13)11(17-4)10(6-9)16-3/h5-6,13H,7H2,1-4H3. The Hall–Kier alpha value is -1.31. The second-order valence-corrected chi connectivity index (χ2v) is 5.92. The van der Waals surface area contributed by atoms with Gasteiger partial charge in [-0.2, -0.15) is 0 Å². The van der Waals surface area contributed by atoms with Crippen molar-refractivity contribution in [3.63, 3.8) is 0 Å². The van der Waals surface area contributed by atoms with Crippen LogP contribution in [0.15, 0.2) is 17.0 Å². The summed E-state index contributed by atoms with van der Waals surface area (Å²) in [6.07, 6.45) is 0. The van der Waals surface area contributed by atoms with Crippen molar-refractivity contribution in [1.82, 2.24) is 4.31 Å². The summed E-state index contributed by atoms with van der Waals surface area (Å²) in [6, 6.07) is 2.74. The van der Waals surface area contributed by atoms with Crippen LogP contribution in [-0.4, -0.2) is 46.1 Å². The van der Waals surface area contributed by atoms with Crippen LogP contribution in [0.2, 0.25) is 0 Å². The Balaban J connectivity index is 3.51. The molecule has 0 aromatic heterocycles. The zero-order valence-corrected chi connectivity index (χ0v) is 11.6. The summed E-state index contributed by atoms with van der Waals surface area (Å²) >= 11 is 0. The van der Waals surface area contributed by atoms with Crippen LogP contribution < -0.4 is 9.47 Å². The number of rotatable bonds is 5. The van der Waals surface area contributed by atoms with Gasteiger partial charge in [0.05, 0.1) is 25.7 Å². The van der Waals surface area contributed by atoms with Crippen LogP contribution in [0.5, 0.6) is 11.5 Å². The van der Waals surface area contributed by atoms with Crippen LogP contribution in [0, 0.1) is 0 Å². The number of benzene rings is 1. The molecule has 0 bridgehead atoms. The molecule has 0 radical (unpaired) electrons. The van der Waals surface area contributed by atoms with Crippen molar-refractivity contribution in [2.24, 2.45) is 0 Å². The highest BCUT2D eigenvalue weighted by Crippen LogP contribution is 2.34. The van der Waals surface area contributed by atoms with Gasteiger partial charge in [-0.15, -0.1) is 0 Å². The van der Waals surface area contributed by atoms with E-state index < -0.39 is 10.0 Å². The summed E-state index contributed by atoms with van der Waals surface area (Å²) in [5.41, 5.74) is 0.359. The van der Waals surface area contributed by atoms with Crippen molar-refractivity contribution in [3.8, 4) is 11.5 Å². The van der Waals surface area contributed by atoms with Crippen LogP contribution in [0.3, 0.4) is 0 Å². The summed E-state index contributed by atoms with van der Waals surface area (Å²) < 4.78 is 35.3. The fourth-order valence-electron chi connectivity index (χ4n) is 1.49. The summed E-state index contributed by atoms with van der Waals surface area (Å²) in [4.78, 5) is 0.0502. The van der Waals surface area contributed by atoms with Crippen LogP contribution in [0.1, 0.15) is 5.56 Å². The minimum atomic E-state index is -3.58. The van der Waals surface area contributed by atoms with E-state index in [1.807, 2.05) is 0 Å². The molecule has 0 aliphatic heterocycles. The monoisotopic (exact) mass is 275 g/mol. The molecule has 1 N–H and O–H groups in total. The zero-order valence-electron chi connectivity index (χ0n) is 10.8. The Bertz CT molecular complexity index is 499. The molecule has 6 nitrogen and oxygen atoms in total. The lowest BCUT2D eigenvalue weighted by Gasteiger charge is -2.16. The van der Waals surface area contributed by atoms with Crippen molar-refractivity contribution in [3.05, 3.63) is 17.7 Å². The largest absolute Gasteiger partial charge is 0.493 e. The number of aliphatic hydroxyl groups is 1. The van der Waals surface area contributed by atoms with Gasteiger partial charge in [0.1, 0.15) is 0 Å². The van der Waals surface area contributed by atoms with Crippen molar-refractivity contribution < 1.29 is 23.0 Å². The first kappa shape index (κ1) is 14.7. The Morgan fingerprint density at radius 3 is 2.22 bits per heavy atom. The molecule has 0 amide bonds. The van der Waals surface area contributed by atoms with Crippen molar-refractivity contribution in [1.29, 1.82) is 0 Å². The minimum Gasteiger partial charge on any atom is -0.493 e. The average Bonchev–Trinajstić information content (AvgIpc) is 2.36. The number of ether oxygens (including phenoxy) is 2. The first-order valence-electron chi connectivity index (χ1n) is 5.16. The molecule has 7 heteroatoms.